The summed E-state index contributed by atoms with van der Waals surface area (Å²) < 4.78 is 26.6. The molecule has 2 heterocycles. The summed E-state index contributed by atoms with van der Waals surface area (Å²) in [7, 11) is 1.63. The molecule has 0 saturated carbocycles. The largest absolute Gasteiger partial charge is 0.481 e. The Balaban J connectivity index is 2.04. The lowest BCUT2D eigenvalue weighted by Gasteiger charge is -2.46. The van der Waals surface area contributed by atoms with Crippen LogP contribution in [0.2, 0.25) is 0 Å². The highest BCUT2D eigenvalue weighted by Gasteiger charge is 2.47. The number of carbonyl (C=O) groups excluding carboxylic acids is 2. The van der Waals surface area contributed by atoms with Gasteiger partial charge in [0, 0.05) is 46.0 Å². The van der Waals surface area contributed by atoms with E-state index in [0.29, 0.717) is 37.2 Å². The normalized spacial score (nSPS) is 19.7. The molecule has 11 heteroatoms. The minimum atomic E-state index is -1.29. The number of aliphatic carboxylic acids is 1. The fourth-order valence-corrected chi connectivity index (χ4v) is 5.15. The van der Waals surface area contributed by atoms with Gasteiger partial charge in [0.15, 0.2) is 5.82 Å². The Morgan fingerprint density at radius 1 is 1.25 bits per heavy atom. The van der Waals surface area contributed by atoms with Gasteiger partial charge < -0.3 is 28.9 Å². The predicted octanol–water partition coefficient (Wildman–Crippen LogP) is 4.80. The lowest BCUT2D eigenvalue weighted by Crippen LogP contribution is -2.60. The van der Waals surface area contributed by atoms with E-state index < -0.39 is 34.9 Å². The van der Waals surface area contributed by atoms with Crippen molar-refractivity contribution in [2.45, 2.75) is 79.0 Å². The maximum Gasteiger partial charge on any atom is 0.410 e. The van der Waals surface area contributed by atoms with Crippen LogP contribution in [0.4, 0.5) is 9.18 Å². The van der Waals surface area contributed by atoms with E-state index in [1.807, 2.05) is 13.8 Å². The van der Waals surface area contributed by atoms with Crippen molar-refractivity contribution in [2.75, 3.05) is 33.4 Å². The number of hydrogen-bond acceptors (Lipinski definition) is 6. The van der Waals surface area contributed by atoms with Crippen molar-refractivity contribution in [3.05, 3.63) is 29.8 Å². The zero-order valence-corrected chi connectivity index (χ0v) is 24.7. The molecule has 3 rings (SSSR count). The van der Waals surface area contributed by atoms with Gasteiger partial charge in [0.05, 0.1) is 22.5 Å². The maximum atomic E-state index is 14.3. The van der Waals surface area contributed by atoms with Crippen molar-refractivity contribution >= 4 is 29.0 Å². The summed E-state index contributed by atoms with van der Waals surface area (Å²) in [5, 5.41) is 10.1. The Labute approximate surface area is 235 Å². The number of halogens is 1. The number of rotatable bonds is 10. The van der Waals surface area contributed by atoms with Crippen LogP contribution in [0.3, 0.4) is 0 Å². The number of benzene rings is 1. The Morgan fingerprint density at radius 3 is 2.55 bits per heavy atom. The molecule has 0 radical (unpaired) electrons. The van der Waals surface area contributed by atoms with Crippen LogP contribution < -0.4 is 0 Å². The first-order valence-electron chi connectivity index (χ1n) is 13.8. The summed E-state index contributed by atoms with van der Waals surface area (Å²) in [6.07, 6.45) is 1.02. The quantitative estimate of drug-likeness (QED) is 0.414. The third-order valence-corrected chi connectivity index (χ3v) is 6.97. The number of likely N-dealkylation sites (tertiary alicyclic amines) is 1. The monoisotopic (exact) mass is 562 g/mol. The van der Waals surface area contributed by atoms with Crippen molar-refractivity contribution < 1.29 is 33.4 Å². The molecule has 0 aliphatic carbocycles. The zero-order valence-electron chi connectivity index (χ0n) is 24.7. The molecule has 1 fully saturated rings. The lowest BCUT2D eigenvalue weighted by molar-refractivity contribution is -0.152. The van der Waals surface area contributed by atoms with E-state index in [9.17, 15) is 23.9 Å². The van der Waals surface area contributed by atoms with E-state index in [2.05, 4.69) is 4.98 Å². The van der Waals surface area contributed by atoms with Crippen molar-refractivity contribution in [3.8, 4) is 0 Å². The average Bonchev–Trinajstić information content (AvgIpc) is 3.20. The highest BCUT2D eigenvalue weighted by molar-refractivity contribution is 5.95. The molecule has 1 aromatic carbocycles. The van der Waals surface area contributed by atoms with Crippen molar-refractivity contribution in [1.82, 2.24) is 19.4 Å². The third-order valence-electron chi connectivity index (χ3n) is 6.97. The van der Waals surface area contributed by atoms with Crippen LogP contribution in [0.15, 0.2) is 18.2 Å². The van der Waals surface area contributed by atoms with E-state index in [0.717, 1.165) is 6.42 Å². The minimum Gasteiger partial charge on any atom is -0.481 e. The Bertz CT molecular complexity index is 1220. The summed E-state index contributed by atoms with van der Waals surface area (Å²) in [6, 6.07) is 3.66. The number of aryl methyl sites for hydroxylation is 1. The number of ether oxygens (including phenoxy) is 2. The van der Waals surface area contributed by atoms with Crippen LogP contribution in [0.5, 0.6) is 0 Å². The first kappa shape index (κ1) is 31.3. The molecule has 2 atom stereocenters. The number of unbranched alkanes of at least 4 members (excludes halogenated alkanes) is 1. The molecular weight excluding hydrogens is 519 g/mol. The van der Waals surface area contributed by atoms with Gasteiger partial charge in [0.2, 0.25) is 0 Å². The highest BCUT2D eigenvalue weighted by atomic mass is 19.1. The molecule has 0 bridgehead atoms. The van der Waals surface area contributed by atoms with Crippen molar-refractivity contribution in [2.24, 2.45) is 11.3 Å². The van der Waals surface area contributed by atoms with Crippen LogP contribution in [-0.2, 0) is 20.8 Å². The van der Waals surface area contributed by atoms with E-state index in [4.69, 9.17) is 9.47 Å². The van der Waals surface area contributed by atoms with E-state index in [1.165, 1.54) is 17.0 Å². The van der Waals surface area contributed by atoms with E-state index in [-0.39, 0.29) is 37.2 Å². The summed E-state index contributed by atoms with van der Waals surface area (Å²) in [6.45, 7) is 12.2. The molecule has 2 amide bonds. The molecule has 0 spiro atoms. The van der Waals surface area contributed by atoms with E-state index in [1.54, 1.807) is 50.3 Å². The number of methoxy groups -OCH3 is 1. The van der Waals surface area contributed by atoms with Crippen LogP contribution in [-0.4, -0.2) is 87.4 Å². The van der Waals surface area contributed by atoms with Crippen LogP contribution in [0.25, 0.3) is 11.0 Å². The topological polar surface area (TPSA) is 114 Å². The second kappa shape index (κ2) is 12.5. The number of carboxylic acid groups (broad SMARTS) is 1. The summed E-state index contributed by atoms with van der Waals surface area (Å²) >= 11 is 0. The van der Waals surface area contributed by atoms with Gasteiger partial charge in [0.25, 0.3) is 5.91 Å². The molecule has 222 valence electrons. The number of piperidine rings is 1. The van der Waals surface area contributed by atoms with Gasteiger partial charge in [-0.2, -0.15) is 0 Å². The second-order valence-corrected chi connectivity index (χ2v) is 12.4. The lowest BCUT2D eigenvalue weighted by atomic mass is 9.79. The Kier molecular flexibility index (Phi) is 9.81. The molecule has 1 N–H and O–H groups in total. The molecule has 40 heavy (non-hydrogen) atoms. The average molecular weight is 563 g/mol. The number of carboxylic acids is 1. The molecule has 0 unspecified atom stereocenters. The van der Waals surface area contributed by atoms with Gasteiger partial charge >= 0.3 is 12.1 Å². The van der Waals surface area contributed by atoms with Crippen LogP contribution in [0.1, 0.15) is 71.4 Å². The fraction of sp³-hybridized carbons (Fsp3) is 0.655. The summed E-state index contributed by atoms with van der Waals surface area (Å²) in [5.41, 5.74) is -1.05. The Morgan fingerprint density at radius 2 is 1.95 bits per heavy atom. The first-order chi connectivity index (χ1) is 18.6. The van der Waals surface area contributed by atoms with Crippen molar-refractivity contribution in [3.63, 3.8) is 0 Å². The smallest absolute Gasteiger partial charge is 0.410 e. The fourth-order valence-electron chi connectivity index (χ4n) is 5.15. The van der Waals surface area contributed by atoms with Gasteiger partial charge in [-0.1, -0.05) is 13.8 Å². The van der Waals surface area contributed by atoms with Crippen molar-refractivity contribution in [1.29, 1.82) is 0 Å². The number of amides is 2. The molecule has 2 aromatic rings. The van der Waals surface area contributed by atoms with Gasteiger partial charge in [-0.15, -0.1) is 0 Å². The maximum absolute atomic E-state index is 14.3. The SMILES string of the molecule is COCCCCn1c(C(=O)N(CC(C)C)[C@@H]2CN(C(=O)OC(C)(C)C)C[C@](C)(C(=O)O)C2)nc2cc(F)ccc21. The molecular formula is C29H43FN4O6. The number of nitrogens with zero attached hydrogens (tertiary/aromatic N) is 4. The highest BCUT2D eigenvalue weighted by Crippen LogP contribution is 2.34. The first-order valence-corrected chi connectivity index (χ1v) is 13.8. The van der Waals surface area contributed by atoms with Gasteiger partial charge in [-0.05, 0) is 65.0 Å². The molecule has 1 aromatic heterocycles. The van der Waals surface area contributed by atoms with Gasteiger partial charge in [-0.25, -0.2) is 14.2 Å². The number of imidazole rings is 1. The summed E-state index contributed by atoms with van der Waals surface area (Å²) in [5.74, 6) is -1.68. The standard InChI is InChI=1S/C29H43FN4O6/c1-19(2)16-34(21-15-29(6,26(36)37)18-32(17-21)27(38)40-28(3,4)5)25(35)24-31-22-14-20(30)10-11-23(22)33(24)12-8-9-13-39-7/h10-11,14,19,21H,8-9,12-13,15-18H2,1-7H3,(H,36,37)/t21-,29+/m0/s1. The molecule has 1 aliphatic heterocycles. The second-order valence-electron chi connectivity index (χ2n) is 12.4. The summed E-state index contributed by atoms with van der Waals surface area (Å²) in [4.78, 5) is 47.3. The number of hydrogen-bond donors (Lipinski definition) is 1. The van der Waals surface area contributed by atoms with Crippen LogP contribution in [0, 0.1) is 17.2 Å². The Hall–Kier alpha value is -3.21. The van der Waals surface area contributed by atoms with Gasteiger partial charge in [0.1, 0.15) is 11.4 Å². The van der Waals surface area contributed by atoms with Crippen LogP contribution >= 0.6 is 0 Å². The molecule has 10 nitrogen and oxygen atoms in total. The minimum absolute atomic E-state index is 0.0330. The van der Waals surface area contributed by atoms with Gasteiger partial charge in [-0.3, -0.25) is 9.59 Å². The third kappa shape index (κ3) is 7.50. The van der Waals surface area contributed by atoms with E-state index >= 15 is 0 Å². The number of aromatic nitrogens is 2. The molecule has 1 saturated heterocycles. The molecule has 1 aliphatic rings. The number of fused-ring (bicyclic) bond motifs is 1. The number of carbonyl (C=O) groups is 3. The predicted molar refractivity (Wildman–Crippen MR) is 149 cm³/mol. The zero-order chi connectivity index (χ0) is 29.8.